The summed E-state index contributed by atoms with van der Waals surface area (Å²) < 4.78 is 6.57. The number of amides is 1. The molecule has 1 aliphatic rings. The van der Waals surface area contributed by atoms with Gasteiger partial charge in [0.05, 0.1) is 11.8 Å². The number of carbonyl (C=O) groups excluding carboxylic acids is 1. The van der Waals surface area contributed by atoms with E-state index in [0.29, 0.717) is 6.54 Å². The Kier molecular flexibility index (Phi) is 4.36. The van der Waals surface area contributed by atoms with Crippen LogP contribution in [0.2, 0.25) is 0 Å². The van der Waals surface area contributed by atoms with Crippen LogP contribution in [0, 0.1) is 3.57 Å². The molecule has 0 aromatic heterocycles. The molecular formula is C12H15IN2O2. The van der Waals surface area contributed by atoms with Gasteiger partial charge < -0.3 is 15.8 Å². The summed E-state index contributed by atoms with van der Waals surface area (Å²) in [5.74, 6) is -0.0786. The third kappa shape index (κ3) is 3.17. The van der Waals surface area contributed by atoms with E-state index in [1.165, 1.54) is 0 Å². The average Bonchev–Trinajstić information content (AvgIpc) is 2.81. The summed E-state index contributed by atoms with van der Waals surface area (Å²) in [6.07, 6.45) is 1.28. The van der Waals surface area contributed by atoms with Crippen molar-refractivity contribution in [3.63, 3.8) is 0 Å². The number of anilines is 1. The molecule has 1 aromatic rings. The molecule has 0 bridgehead atoms. The van der Waals surface area contributed by atoms with Gasteiger partial charge in [0.2, 0.25) is 0 Å². The molecule has 1 amide bonds. The summed E-state index contributed by atoms with van der Waals surface area (Å²) >= 11 is 2.19. The fraction of sp³-hybridized carbons (Fsp3) is 0.417. The maximum absolute atomic E-state index is 11.9. The van der Waals surface area contributed by atoms with E-state index in [1.807, 2.05) is 24.3 Å². The largest absolute Gasteiger partial charge is 0.364 e. The Morgan fingerprint density at radius 2 is 2.24 bits per heavy atom. The molecule has 0 radical (unpaired) electrons. The third-order valence-electron chi connectivity index (χ3n) is 2.79. The average molecular weight is 346 g/mol. The van der Waals surface area contributed by atoms with Crippen LogP contribution in [0.3, 0.4) is 0 Å². The number of hydrogen-bond acceptors (Lipinski definition) is 3. The minimum atomic E-state index is -0.362. The van der Waals surface area contributed by atoms with E-state index in [0.717, 1.165) is 22.1 Å². The zero-order valence-corrected chi connectivity index (χ0v) is 11.5. The maximum atomic E-state index is 11.9. The first-order valence-electron chi connectivity index (χ1n) is 5.61. The molecule has 5 heteroatoms. The molecule has 1 fully saturated rings. The van der Waals surface area contributed by atoms with Gasteiger partial charge in [-0.3, -0.25) is 4.79 Å². The van der Waals surface area contributed by atoms with Crippen LogP contribution in [0.4, 0.5) is 5.69 Å². The van der Waals surface area contributed by atoms with E-state index in [-0.39, 0.29) is 18.1 Å². The standard InChI is InChI=1S/C12H15IN2O2/c13-9-3-1-2-4-10(9)15-12(16)11-6-5-8(7-14)17-11/h1-4,8,11H,5-7,14H2,(H,15,16). The molecular weight excluding hydrogens is 331 g/mol. The smallest absolute Gasteiger partial charge is 0.253 e. The van der Waals surface area contributed by atoms with Crippen molar-refractivity contribution in [2.45, 2.75) is 25.0 Å². The van der Waals surface area contributed by atoms with Crippen molar-refractivity contribution < 1.29 is 9.53 Å². The van der Waals surface area contributed by atoms with Crippen LogP contribution in [-0.2, 0) is 9.53 Å². The predicted molar refractivity (Wildman–Crippen MR) is 74.7 cm³/mol. The van der Waals surface area contributed by atoms with Gasteiger partial charge in [-0.25, -0.2) is 0 Å². The first kappa shape index (κ1) is 12.8. The van der Waals surface area contributed by atoms with Gasteiger partial charge in [0.1, 0.15) is 6.10 Å². The highest BCUT2D eigenvalue weighted by atomic mass is 127. The maximum Gasteiger partial charge on any atom is 0.253 e. The molecule has 0 aliphatic carbocycles. The number of benzene rings is 1. The fourth-order valence-electron chi connectivity index (χ4n) is 1.85. The van der Waals surface area contributed by atoms with Gasteiger partial charge in [0.15, 0.2) is 0 Å². The molecule has 17 heavy (non-hydrogen) atoms. The molecule has 92 valence electrons. The fourth-order valence-corrected chi connectivity index (χ4v) is 2.37. The van der Waals surface area contributed by atoms with E-state index >= 15 is 0 Å². The van der Waals surface area contributed by atoms with E-state index in [1.54, 1.807) is 0 Å². The van der Waals surface area contributed by atoms with Crippen molar-refractivity contribution in [2.24, 2.45) is 5.73 Å². The summed E-state index contributed by atoms with van der Waals surface area (Å²) in [5, 5.41) is 2.88. The number of hydrogen-bond donors (Lipinski definition) is 2. The number of rotatable bonds is 3. The van der Waals surface area contributed by atoms with Crippen molar-refractivity contribution in [1.82, 2.24) is 0 Å². The molecule has 4 nitrogen and oxygen atoms in total. The first-order chi connectivity index (χ1) is 8.20. The van der Waals surface area contributed by atoms with E-state index < -0.39 is 0 Å². The van der Waals surface area contributed by atoms with Crippen molar-refractivity contribution in [3.05, 3.63) is 27.8 Å². The zero-order chi connectivity index (χ0) is 12.3. The molecule has 2 unspecified atom stereocenters. The Balaban J connectivity index is 1.96. The summed E-state index contributed by atoms with van der Waals surface area (Å²) in [7, 11) is 0. The van der Waals surface area contributed by atoms with Gasteiger partial charge in [-0.15, -0.1) is 0 Å². The summed E-state index contributed by atoms with van der Waals surface area (Å²) in [6.45, 7) is 0.479. The second kappa shape index (κ2) is 5.79. The van der Waals surface area contributed by atoms with E-state index in [4.69, 9.17) is 10.5 Å². The number of halogens is 1. The van der Waals surface area contributed by atoms with Gasteiger partial charge in [-0.1, -0.05) is 12.1 Å². The lowest BCUT2D eigenvalue weighted by Gasteiger charge is -2.13. The van der Waals surface area contributed by atoms with Crippen LogP contribution in [0.1, 0.15) is 12.8 Å². The summed E-state index contributed by atoms with van der Waals surface area (Å²) in [6, 6.07) is 7.67. The van der Waals surface area contributed by atoms with Crippen molar-refractivity contribution in [1.29, 1.82) is 0 Å². The van der Waals surface area contributed by atoms with Crippen LogP contribution >= 0.6 is 22.6 Å². The Morgan fingerprint density at radius 1 is 1.47 bits per heavy atom. The normalized spacial score (nSPS) is 23.6. The van der Waals surface area contributed by atoms with Gasteiger partial charge in [-0.2, -0.15) is 0 Å². The second-order valence-electron chi connectivity index (χ2n) is 4.03. The lowest BCUT2D eigenvalue weighted by atomic mass is 10.2. The van der Waals surface area contributed by atoms with Crippen LogP contribution < -0.4 is 11.1 Å². The highest BCUT2D eigenvalue weighted by Gasteiger charge is 2.29. The van der Waals surface area contributed by atoms with Gasteiger partial charge >= 0.3 is 0 Å². The number of nitrogens with one attached hydrogen (secondary N) is 1. The SMILES string of the molecule is NCC1CCC(C(=O)Nc2ccccc2I)O1. The first-order valence-corrected chi connectivity index (χ1v) is 6.69. The Morgan fingerprint density at radius 3 is 2.88 bits per heavy atom. The summed E-state index contributed by atoms with van der Waals surface area (Å²) in [5.41, 5.74) is 6.35. The Hall–Kier alpha value is -0.660. The minimum absolute atomic E-state index is 0.0283. The van der Waals surface area contributed by atoms with Crippen LogP contribution in [0.5, 0.6) is 0 Å². The monoisotopic (exact) mass is 346 g/mol. The quantitative estimate of drug-likeness (QED) is 0.820. The molecule has 1 heterocycles. The minimum Gasteiger partial charge on any atom is -0.364 e. The molecule has 1 aliphatic heterocycles. The zero-order valence-electron chi connectivity index (χ0n) is 9.36. The Bertz CT molecular complexity index is 411. The second-order valence-corrected chi connectivity index (χ2v) is 5.19. The highest BCUT2D eigenvalue weighted by Crippen LogP contribution is 2.22. The van der Waals surface area contributed by atoms with Gasteiger partial charge in [0.25, 0.3) is 5.91 Å². The Labute approximate surface area is 114 Å². The molecule has 0 spiro atoms. The molecule has 2 rings (SSSR count). The van der Waals surface area contributed by atoms with Crippen LogP contribution in [0.15, 0.2) is 24.3 Å². The van der Waals surface area contributed by atoms with E-state index in [9.17, 15) is 4.79 Å². The molecule has 1 saturated heterocycles. The van der Waals surface area contributed by atoms with Crippen LogP contribution in [-0.4, -0.2) is 24.7 Å². The molecule has 0 saturated carbocycles. The molecule has 2 atom stereocenters. The van der Waals surface area contributed by atoms with Gasteiger partial charge in [-0.05, 0) is 47.6 Å². The van der Waals surface area contributed by atoms with Crippen molar-refractivity contribution in [3.8, 4) is 0 Å². The summed E-state index contributed by atoms with van der Waals surface area (Å²) in [4.78, 5) is 11.9. The van der Waals surface area contributed by atoms with Gasteiger partial charge in [0, 0.05) is 10.1 Å². The number of carbonyl (C=O) groups is 1. The molecule has 1 aromatic carbocycles. The number of ether oxygens (including phenoxy) is 1. The number of para-hydroxylation sites is 1. The van der Waals surface area contributed by atoms with E-state index in [2.05, 4.69) is 27.9 Å². The third-order valence-corrected chi connectivity index (χ3v) is 3.74. The predicted octanol–water partition coefficient (Wildman–Crippen LogP) is 1.74. The lowest BCUT2D eigenvalue weighted by molar-refractivity contribution is -0.126. The number of nitrogens with two attached hydrogens (primary N) is 1. The topological polar surface area (TPSA) is 64.4 Å². The lowest BCUT2D eigenvalue weighted by Crippen LogP contribution is -2.30. The molecule has 3 N–H and O–H groups in total. The highest BCUT2D eigenvalue weighted by molar-refractivity contribution is 14.1. The van der Waals surface area contributed by atoms with Crippen LogP contribution in [0.25, 0.3) is 0 Å². The van der Waals surface area contributed by atoms with Crippen molar-refractivity contribution in [2.75, 3.05) is 11.9 Å². The van der Waals surface area contributed by atoms with Crippen molar-refractivity contribution >= 4 is 34.2 Å².